The highest BCUT2D eigenvalue weighted by Crippen LogP contribution is 2.37. The molecule has 4 heteroatoms. The predicted molar refractivity (Wildman–Crippen MR) is 99.2 cm³/mol. The van der Waals surface area contributed by atoms with Crippen LogP contribution >= 0.6 is 11.6 Å². The number of allylic oxidation sites excluding steroid dienone is 1. The smallest absolute Gasteiger partial charge is 0.224 e. The third-order valence-corrected chi connectivity index (χ3v) is 4.35. The van der Waals surface area contributed by atoms with Gasteiger partial charge in [0, 0.05) is 22.8 Å². The lowest BCUT2D eigenvalue weighted by Gasteiger charge is -2.14. The van der Waals surface area contributed by atoms with Crippen molar-refractivity contribution in [1.82, 2.24) is 4.57 Å². The minimum atomic E-state index is -0.0996. The summed E-state index contributed by atoms with van der Waals surface area (Å²) in [6.45, 7) is 4.06. The van der Waals surface area contributed by atoms with Crippen LogP contribution in [0.1, 0.15) is 49.9 Å². The molecule has 1 saturated carbocycles. The van der Waals surface area contributed by atoms with Gasteiger partial charge in [0.1, 0.15) is 5.75 Å². The van der Waals surface area contributed by atoms with Gasteiger partial charge in [0.2, 0.25) is 5.43 Å². The summed E-state index contributed by atoms with van der Waals surface area (Å²) < 4.78 is 8.04. The Morgan fingerprint density at radius 1 is 1.29 bits per heavy atom. The largest absolute Gasteiger partial charge is 0.451 e. The third-order valence-electron chi connectivity index (χ3n) is 4.12. The van der Waals surface area contributed by atoms with E-state index in [4.69, 9.17) is 16.3 Å². The maximum atomic E-state index is 12.5. The Labute approximate surface area is 147 Å². The summed E-state index contributed by atoms with van der Waals surface area (Å²) in [5.41, 5.74) is 1.76. The van der Waals surface area contributed by atoms with E-state index in [1.54, 1.807) is 18.2 Å². The molecular formula is C20H22ClNO2. The van der Waals surface area contributed by atoms with E-state index in [2.05, 4.69) is 17.6 Å². The van der Waals surface area contributed by atoms with Gasteiger partial charge in [-0.05, 0) is 56.0 Å². The van der Waals surface area contributed by atoms with E-state index in [9.17, 15) is 4.79 Å². The first-order chi connectivity index (χ1) is 11.6. The number of halogens is 1. The summed E-state index contributed by atoms with van der Waals surface area (Å²) in [5.74, 6) is 1.02. The van der Waals surface area contributed by atoms with Crippen LogP contribution in [-0.2, 0) is 0 Å². The van der Waals surface area contributed by atoms with Crippen LogP contribution in [0.3, 0.4) is 0 Å². The molecule has 1 fully saturated rings. The van der Waals surface area contributed by atoms with Gasteiger partial charge in [-0.15, -0.1) is 0 Å². The van der Waals surface area contributed by atoms with Crippen molar-refractivity contribution in [2.24, 2.45) is 0 Å². The molecule has 1 aromatic carbocycles. The molecule has 0 unspecified atom stereocenters. The van der Waals surface area contributed by atoms with Crippen molar-refractivity contribution < 1.29 is 4.74 Å². The van der Waals surface area contributed by atoms with Gasteiger partial charge < -0.3 is 9.30 Å². The summed E-state index contributed by atoms with van der Waals surface area (Å²) in [4.78, 5) is 12.5. The Kier molecular flexibility index (Phi) is 5.10. The van der Waals surface area contributed by atoms with E-state index in [1.807, 2.05) is 25.3 Å². The second-order valence-electron chi connectivity index (χ2n) is 6.27. The molecule has 3 rings (SSSR count). The number of pyridine rings is 1. The number of nitrogens with zero attached hydrogens (tertiary/aromatic N) is 1. The van der Waals surface area contributed by atoms with Crippen LogP contribution in [0.2, 0.25) is 5.02 Å². The van der Waals surface area contributed by atoms with E-state index in [0.29, 0.717) is 22.6 Å². The lowest BCUT2D eigenvalue weighted by Crippen LogP contribution is -2.11. The van der Waals surface area contributed by atoms with Gasteiger partial charge in [0.15, 0.2) is 5.75 Å². The fourth-order valence-electron chi connectivity index (χ4n) is 2.64. The SMILES string of the molecule is CCC/C=C/c1cc(=O)c(Oc2ccc(Cl)cc2C)cn1C1CC1. The summed E-state index contributed by atoms with van der Waals surface area (Å²) in [5, 5.41) is 0.659. The maximum absolute atomic E-state index is 12.5. The summed E-state index contributed by atoms with van der Waals surface area (Å²) in [6.07, 6.45) is 10.4. The zero-order chi connectivity index (χ0) is 17.1. The number of aromatic nitrogens is 1. The first-order valence-corrected chi connectivity index (χ1v) is 8.83. The standard InChI is InChI=1S/C20H22ClNO2/c1-3-4-5-6-17-12-18(23)20(13-22(17)16-8-9-16)24-19-10-7-15(21)11-14(19)2/h5-7,10-13,16H,3-4,8-9H2,1-2H3/b6-5+. The highest BCUT2D eigenvalue weighted by molar-refractivity contribution is 6.30. The number of ether oxygens (including phenoxy) is 1. The molecule has 0 radical (unpaired) electrons. The average molecular weight is 344 g/mol. The molecule has 0 saturated heterocycles. The number of hydrogen-bond acceptors (Lipinski definition) is 2. The number of hydrogen-bond donors (Lipinski definition) is 0. The van der Waals surface area contributed by atoms with Crippen molar-refractivity contribution >= 4 is 17.7 Å². The zero-order valence-corrected chi connectivity index (χ0v) is 14.8. The lowest BCUT2D eigenvalue weighted by atomic mass is 10.2. The van der Waals surface area contributed by atoms with Crippen molar-refractivity contribution in [3.8, 4) is 11.5 Å². The van der Waals surface area contributed by atoms with Gasteiger partial charge in [0.25, 0.3) is 0 Å². The minimum Gasteiger partial charge on any atom is -0.451 e. The van der Waals surface area contributed by atoms with Crippen molar-refractivity contribution in [2.45, 2.75) is 45.6 Å². The van der Waals surface area contributed by atoms with Crippen LogP contribution in [0.25, 0.3) is 6.08 Å². The highest BCUT2D eigenvalue weighted by atomic mass is 35.5. The van der Waals surface area contributed by atoms with Crippen molar-refractivity contribution in [1.29, 1.82) is 0 Å². The first kappa shape index (κ1) is 16.8. The lowest BCUT2D eigenvalue weighted by molar-refractivity contribution is 0.465. The predicted octanol–water partition coefficient (Wildman–Crippen LogP) is 5.75. The minimum absolute atomic E-state index is 0.0996. The Morgan fingerprint density at radius 2 is 2.08 bits per heavy atom. The van der Waals surface area contributed by atoms with Crippen molar-refractivity contribution in [3.05, 3.63) is 63.0 Å². The van der Waals surface area contributed by atoms with Crippen LogP contribution < -0.4 is 10.2 Å². The highest BCUT2D eigenvalue weighted by Gasteiger charge is 2.25. The van der Waals surface area contributed by atoms with Gasteiger partial charge >= 0.3 is 0 Å². The van der Waals surface area contributed by atoms with Gasteiger partial charge in [-0.2, -0.15) is 0 Å². The van der Waals surface area contributed by atoms with E-state index in [-0.39, 0.29) is 5.43 Å². The Bertz CT molecular complexity index is 819. The molecule has 24 heavy (non-hydrogen) atoms. The molecule has 1 aromatic heterocycles. The first-order valence-electron chi connectivity index (χ1n) is 8.45. The maximum Gasteiger partial charge on any atom is 0.224 e. The molecule has 2 aromatic rings. The Morgan fingerprint density at radius 3 is 2.75 bits per heavy atom. The van der Waals surface area contributed by atoms with Crippen LogP contribution in [0, 0.1) is 6.92 Å². The molecule has 1 heterocycles. The van der Waals surface area contributed by atoms with Crippen molar-refractivity contribution in [3.63, 3.8) is 0 Å². The molecule has 126 valence electrons. The monoisotopic (exact) mass is 343 g/mol. The Hall–Kier alpha value is -2.00. The van der Waals surface area contributed by atoms with Crippen LogP contribution in [-0.4, -0.2) is 4.57 Å². The molecule has 0 amide bonds. The summed E-state index contributed by atoms with van der Waals surface area (Å²) in [7, 11) is 0. The van der Waals surface area contributed by atoms with Crippen molar-refractivity contribution in [2.75, 3.05) is 0 Å². The number of rotatable bonds is 6. The van der Waals surface area contributed by atoms with E-state index >= 15 is 0 Å². The fraction of sp³-hybridized carbons (Fsp3) is 0.350. The second kappa shape index (κ2) is 7.27. The number of aryl methyl sites for hydroxylation is 1. The topological polar surface area (TPSA) is 31.2 Å². The molecule has 0 N–H and O–H groups in total. The number of unbranched alkanes of at least 4 members (excludes halogenated alkanes) is 1. The second-order valence-corrected chi connectivity index (χ2v) is 6.70. The van der Waals surface area contributed by atoms with E-state index < -0.39 is 0 Å². The number of benzene rings is 1. The molecule has 1 aliphatic rings. The third kappa shape index (κ3) is 3.90. The molecule has 1 aliphatic carbocycles. The molecule has 0 aliphatic heterocycles. The average Bonchev–Trinajstić information content (AvgIpc) is 3.37. The van der Waals surface area contributed by atoms with Gasteiger partial charge in [0.05, 0.1) is 6.20 Å². The quantitative estimate of drug-likeness (QED) is 0.668. The van der Waals surface area contributed by atoms with Crippen LogP contribution in [0.5, 0.6) is 11.5 Å². The molecule has 0 spiro atoms. The molecule has 3 nitrogen and oxygen atoms in total. The van der Waals surface area contributed by atoms with Crippen LogP contribution in [0.4, 0.5) is 0 Å². The fourth-order valence-corrected chi connectivity index (χ4v) is 2.87. The van der Waals surface area contributed by atoms with Gasteiger partial charge in [-0.1, -0.05) is 31.0 Å². The van der Waals surface area contributed by atoms with E-state index in [0.717, 1.165) is 36.9 Å². The summed E-state index contributed by atoms with van der Waals surface area (Å²) in [6, 6.07) is 7.54. The normalized spacial score (nSPS) is 14.3. The van der Waals surface area contributed by atoms with Crippen LogP contribution in [0.15, 0.2) is 41.3 Å². The molecule has 0 bridgehead atoms. The van der Waals surface area contributed by atoms with E-state index in [1.165, 1.54) is 0 Å². The Balaban J connectivity index is 1.94. The zero-order valence-electron chi connectivity index (χ0n) is 14.1. The van der Waals surface area contributed by atoms with Gasteiger partial charge in [-0.3, -0.25) is 4.79 Å². The van der Waals surface area contributed by atoms with Gasteiger partial charge in [-0.25, -0.2) is 0 Å². The summed E-state index contributed by atoms with van der Waals surface area (Å²) >= 11 is 5.98. The molecular weight excluding hydrogens is 322 g/mol. The molecule has 0 atom stereocenters.